The van der Waals surface area contributed by atoms with E-state index in [9.17, 15) is 9.18 Å². The van der Waals surface area contributed by atoms with Crippen LogP contribution >= 0.6 is 11.6 Å². The van der Waals surface area contributed by atoms with Gasteiger partial charge in [-0.3, -0.25) is 9.78 Å². The first-order chi connectivity index (χ1) is 10.1. The van der Waals surface area contributed by atoms with Crippen molar-refractivity contribution >= 4 is 29.3 Å². The van der Waals surface area contributed by atoms with Gasteiger partial charge >= 0.3 is 0 Å². The van der Waals surface area contributed by atoms with E-state index in [4.69, 9.17) is 16.9 Å². The number of nitrogens with one attached hydrogen (secondary N) is 1. The number of nitrogens with zero attached hydrogens (tertiary/aromatic N) is 2. The van der Waals surface area contributed by atoms with Crippen molar-refractivity contribution in [3.63, 3.8) is 0 Å². The van der Waals surface area contributed by atoms with E-state index in [1.54, 1.807) is 24.5 Å². The van der Waals surface area contributed by atoms with Crippen LogP contribution in [0.15, 0.2) is 48.3 Å². The topological polar surface area (TPSA) is 65.8 Å². The molecule has 1 aromatic heterocycles. The van der Waals surface area contributed by atoms with Crippen molar-refractivity contribution in [3.8, 4) is 6.07 Å². The lowest BCUT2D eigenvalue weighted by atomic mass is 10.1. The number of anilines is 1. The Morgan fingerprint density at radius 2 is 2.05 bits per heavy atom. The molecule has 0 aliphatic carbocycles. The summed E-state index contributed by atoms with van der Waals surface area (Å²) in [7, 11) is 0. The van der Waals surface area contributed by atoms with Crippen LogP contribution in [0.3, 0.4) is 0 Å². The van der Waals surface area contributed by atoms with Crippen LogP contribution in [0.25, 0.3) is 6.08 Å². The summed E-state index contributed by atoms with van der Waals surface area (Å²) >= 11 is 5.63. The number of hydrogen-bond donors (Lipinski definition) is 1. The molecule has 4 nitrogen and oxygen atoms in total. The highest BCUT2D eigenvalue weighted by Crippen LogP contribution is 2.20. The van der Waals surface area contributed by atoms with Gasteiger partial charge in [0.2, 0.25) is 0 Å². The Morgan fingerprint density at radius 1 is 1.33 bits per heavy atom. The molecule has 2 aromatic rings. The summed E-state index contributed by atoms with van der Waals surface area (Å²) in [6.45, 7) is 0. The van der Waals surface area contributed by atoms with E-state index >= 15 is 0 Å². The molecule has 0 aliphatic rings. The maximum atomic E-state index is 13.0. The van der Waals surface area contributed by atoms with Gasteiger partial charge < -0.3 is 5.32 Å². The van der Waals surface area contributed by atoms with Crippen molar-refractivity contribution in [2.45, 2.75) is 0 Å². The number of halogens is 2. The van der Waals surface area contributed by atoms with Gasteiger partial charge in [-0.2, -0.15) is 5.26 Å². The number of nitriles is 1. The van der Waals surface area contributed by atoms with E-state index < -0.39 is 11.7 Å². The van der Waals surface area contributed by atoms with Gasteiger partial charge in [-0.05, 0) is 42.0 Å². The third-order valence-electron chi connectivity index (χ3n) is 2.56. The lowest BCUT2D eigenvalue weighted by molar-refractivity contribution is -0.112. The van der Waals surface area contributed by atoms with E-state index in [1.807, 2.05) is 6.07 Å². The van der Waals surface area contributed by atoms with Gasteiger partial charge in [0.25, 0.3) is 5.91 Å². The number of rotatable bonds is 3. The molecule has 0 saturated carbocycles. The highest BCUT2D eigenvalue weighted by atomic mass is 35.5. The summed E-state index contributed by atoms with van der Waals surface area (Å²) < 4.78 is 13.0. The van der Waals surface area contributed by atoms with E-state index in [0.29, 0.717) is 11.3 Å². The second-order valence-corrected chi connectivity index (χ2v) is 4.44. The Balaban J connectivity index is 2.20. The maximum Gasteiger partial charge on any atom is 0.266 e. The molecule has 2 rings (SSSR count). The van der Waals surface area contributed by atoms with Crippen molar-refractivity contribution < 1.29 is 9.18 Å². The minimum absolute atomic E-state index is 0.0818. The van der Waals surface area contributed by atoms with Gasteiger partial charge in [0, 0.05) is 18.1 Å². The normalized spacial score (nSPS) is 10.8. The molecule has 0 fully saturated rings. The third-order valence-corrected chi connectivity index (χ3v) is 2.85. The molecule has 1 aromatic carbocycles. The van der Waals surface area contributed by atoms with Crippen LogP contribution in [0, 0.1) is 17.1 Å². The molecule has 104 valence electrons. The second kappa shape index (κ2) is 6.64. The Labute approximate surface area is 125 Å². The molecule has 1 amide bonds. The first-order valence-electron chi connectivity index (χ1n) is 5.88. The number of carbonyl (C=O) groups excluding carboxylic acids is 1. The van der Waals surface area contributed by atoms with Gasteiger partial charge in [0.05, 0.1) is 5.02 Å². The average molecular weight is 302 g/mol. The number of aromatic nitrogens is 1. The van der Waals surface area contributed by atoms with Crippen molar-refractivity contribution in [3.05, 3.63) is 64.7 Å². The van der Waals surface area contributed by atoms with Gasteiger partial charge in [0.15, 0.2) is 0 Å². The molecule has 0 unspecified atom stereocenters. The first kappa shape index (κ1) is 14.7. The number of pyridine rings is 1. The average Bonchev–Trinajstić information content (AvgIpc) is 2.49. The van der Waals surface area contributed by atoms with E-state index in [0.717, 1.165) is 6.07 Å². The fourth-order valence-corrected chi connectivity index (χ4v) is 1.73. The summed E-state index contributed by atoms with van der Waals surface area (Å²) in [6, 6.07) is 8.92. The van der Waals surface area contributed by atoms with Crippen molar-refractivity contribution in [1.29, 1.82) is 5.26 Å². The molecule has 0 bridgehead atoms. The summed E-state index contributed by atoms with van der Waals surface area (Å²) in [6.07, 6.45) is 4.54. The quantitative estimate of drug-likeness (QED) is 0.698. The Morgan fingerprint density at radius 3 is 2.67 bits per heavy atom. The van der Waals surface area contributed by atoms with Crippen LogP contribution in [0.5, 0.6) is 0 Å². The zero-order valence-corrected chi connectivity index (χ0v) is 11.4. The highest BCUT2D eigenvalue weighted by molar-refractivity contribution is 6.31. The Kier molecular flexibility index (Phi) is 4.64. The van der Waals surface area contributed by atoms with Crippen LogP contribution in [0.2, 0.25) is 5.02 Å². The summed E-state index contributed by atoms with van der Waals surface area (Å²) in [5.41, 5.74) is 0.901. The van der Waals surface area contributed by atoms with Crippen LogP contribution in [-0.4, -0.2) is 10.9 Å². The van der Waals surface area contributed by atoms with Gasteiger partial charge in [-0.15, -0.1) is 0 Å². The van der Waals surface area contributed by atoms with Crippen LogP contribution in [0.1, 0.15) is 5.56 Å². The number of hydrogen-bond acceptors (Lipinski definition) is 3. The predicted octanol–water partition coefficient (Wildman–Crippen LogP) is 3.42. The predicted molar refractivity (Wildman–Crippen MR) is 77.9 cm³/mol. The zero-order chi connectivity index (χ0) is 15.2. The Hall–Kier alpha value is -2.71. The highest BCUT2D eigenvalue weighted by Gasteiger charge is 2.10. The molecule has 1 heterocycles. The third kappa shape index (κ3) is 3.88. The second-order valence-electron chi connectivity index (χ2n) is 4.03. The molecule has 21 heavy (non-hydrogen) atoms. The van der Waals surface area contributed by atoms with Gasteiger partial charge in [-0.1, -0.05) is 11.6 Å². The van der Waals surface area contributed by atoms with Crippen LogP contribution in [-0.2, 0) is 4.79 Å². The lowest BCUT2D eigenvalue weighted by Crippen LogP contribution is -2.13. The minimum atomic E-state index is -0.600. The molecule has 0 atom stereocenters. The van der Waals surface area contributed by atoms with Crippen molar-refractivity contribution in [2.24, 2.45) is 0 Å². The molecule has 0 saturated heterocycles. The molecule has 0 radical (unpaired) electrons. The summed E-state index contributed by atoms with van der Waals surface area (Å²) in [5, 5.41) is 11.4. The zero-order valence-electron chi connectivity index (χ0n) is 10.7. The fraction of sp³-hybridized carbons (Fsp3) is 0. The van der Waals surface area contributed by atoms with E-state index in [1.165, 1.54) is 18.2 Å². The lowest BCUT2D eigenvalue weighted by Gasteiger charge is -2.05. The monoisotopic (exact) mass is 301 g/mol. The smallest absolute Gasteiger partial charge is 0.266 e. The molecule has 1 N–H and O–H groups in total. The summed E-state index contributed by atoms with van der Waals surface area (Å²) in [5.74, 6) is -1.18. The number of amides is 1. The molecule has 0 spiro atoms. The molecule has 0 aliphatic heterocycles. The molecular formula is C15H9ClFN3O. The molecular weight excluding hydrogens is 293 g/mol. The van der Waals surface area contributed by atoms with E-state index in [2.05, 4.69) is 10.3 Å². The summed E-state index contributed by atoms with van der Waals surface area (Å²) in [4.78, 5) is 15.8. The van der Waals surface area contributed by atoms with E-state index in [-0.39, 0.29) is 10.6 Å². The Bertz CT molecular complexity index is 738. The van der Waals surface area contributed by atoms with Crippen molar-refractivity contribution in [2.75, 3.05) is 5.32 Å². The first-order valence-corrected chi connectivity index (χ1v) is 6.26. The number of carbonyl (C=O) groups is 1. The fourth-order valence-electron chi connectivity index (χ4n) is 1.55. The largest absolute Gasteiger partial charge is 0.321 e. The SMILES string of the molecule is N#C/C(=C\c1ccncc1)C(=O)Nc1ccc(F)c(Cl)c1. The minimum Gasteiger partial charge on any atom is -0.321 e. The van der Waals surface area contributed by atoms with Gasteiger partial charge in [-0.25, -0.2) is 4.39 Å². The molecule has 6 heteroatoms. The standard InChI is InChI=1S/C15H9ClFN3O/c16-13-8-12(1-2-14(13)17)20-15(21)11(9-18)7-10-3-5-19-6-4-10/h1-8H,(H,20,21)/b11-7+. The number of benzene rings is 1. The van der Waals surface area contributed by atoms with Crippen LogP contribution < -0.4 is 5.32 Å². The van der Waals surface area contributed by atoms with Crippen molar-refractivity contribution in [1.82, 2.24) is 4.98 Å². The maximum absolute atomic E-state index is 13.0. The van der Waals surface area contributed by atoms with Gasteiger partial charge in [0.1, 0.15) is 17.5 Å². The van der Waals surface area contributed by atoms with Crippen LogP contribution in [0.4, 0.5) is 10.1 Å².